The van der Waals surface area contributed by atoms with Crippen LogP contribution in [0.5, 0.6) is 5.75 Å². The molecule has 0 radical (unpaired) electrons. The van der Waals surface area contributed by atoms with Gasteiger partial charge in [0.25, 0.3) is 0 Å². The first-order valence-corrected chi connectivity index (χ1v) is 13.3. The van der Waals surface area contributed by atoms with E-state index < -0.39 is 0 Å². The second-order valence-corrected chi connectivity index (χ2v) is 10.3. The fourth-order valence-electron chi connectivity index (χ4n) is 5.60. The summed E-state index contributed by atoms with van der Waals surface area (Å²) >= 11 is 0. The van der Waals surface area contributed by atoms with Crippen molar-refractivity contribution in [3.63, 3.8) is 0 Å². The molecular formula is C31H33N3O4. The number of rotatable bonds is 7. The largest absolute Gasteiger partial charge is 0.493 e. The lowest BCUT2D eigenvalue weighted by Gasteiger charge is -2.18. The van der Waals surface area contributed by atoms with Crippen LogP contribution in [0.15, 0.2) is 54.6 Å². The van der Waals surface area contributed by atoms with Gasteiger partial charge < -0.3 is 19.5 Å². The minimum absolute atomic E-state index is 0.0123. The van der Waals surface area contributed by atoms with E-state index in [1.165, 1.54) is 23.8 Å². The number of anilines is 1. The second-order valence-electron chi connectivity index (χ2n) is 10.3. The van der Waals surface area contributed by atoms with Gasteiger partial charge in [-0.15, -0.1) is 0 Å². The fraction of sp³-hybridized carbons (Fsp3) is 0.355. The Morgan fingerprint density at radius 3 is 2.87 bits per heavy atom. The minimum atomic E-state index is -0.215. The maximum absolute atomic E-state index is 11.7. The number of aromatic nitrogens is 2. The third-order valence-corrected chi connectivity index (χ3v) is 7.73. The number of aryl methyl sites for hydroxylation is 1. The Labute approximate surface area is 222 Å². The lowest BCUT2D eigenvalue weighted by Crippen LogP contribution is -2.10. The van der Waals surface area contributed by atoms with Crippen LogP contribution in [-0.4, -0.2) is 35.8 Å². The van der Waals surface area contributed by atoms with E-state index in [4.69, 9.17) is 19.2 Å². The van der Waals surface area contributed by atoms with Gasteiger partial charge in [0.05, 0.1) is 36.9 Å². The molecule has 4 aromatic rings. The normalized spacial score (nSPS) is 18.4. The number of nitrogens with one attached hydrogen (secondary N) is 1. The van der Waals surface area contributed by atoms with E-state index in [9.17, 15) is 4.79 Å². The molecule has 2 atom stereocenters. The average Bonchev–Trinajstić information content (AvgIpc) is 3.67. The molecule has 0 aliphatic carbocycles. The van der Waals surface area contributed by atoms with Crippen LogP contribution < -0.4 is 10.1 Å². The van der Waals surface area contributed by atoms with Gasteiger partial charge in [0.15, 0.2) is 0 Å². The van der Waals surface area contributed by atoms with Crippen molar-refractivity contribution in [2.45, 2.75) is 51.7 Å². The zero-order valence-corrected chi connectivity index (χ0v) is 22.1. The van der Waals surface area contributed by atoms with E-state index in [0.29, 0.717) is 19.6 Å². The Kier molecular flexibility index (Phi) is 6.54. The predicted octanol–water partition coefficient (Wildman–Crippen LogP) is 6.15. The van der Waals surface area contributed by atoms with Crippen LogP contribution in [0.2, 0.25) is 0 Å². The molecule has 0 spiro atoms. The van der Waals surface area contributed by atoms with E-state index in [-0.39, 0.29) is 18.0 Å². The van der Waals surface area contributed by atoms with Crippen LogP contribution in [0.4, 0.5) is 5.69 Å². The molecule has 38 heavy (non-hydrogen) atoms. The molecule has 2 aliphatic heterocycles. The van der Waals surface area contributed by atoms with Gasteiger partial charge in [-0.25, -0.2) is 4.98 Å². The fourth-order valence-corrected chi connectivity index (χ4v) is 5.60. The van der Waals surface area contributed by atoms with Crippen LogP contribution in [0.3, 0.4) is 0 Å². The van der Waals surface area contributed by atoms with Crippen LogP contribution in [0.25, 0.3) is 16.7 Å². The number of nitrogens with zero attached hydrogens (tertiary/aromatic N) is 2. The molecule has 1 saturated heterocycles. The Hall–Kier alpha value is -3.84. The molecule has 3 aromatic carbocycles. The third kappa shape index (κ3) is 4.52. The highest BCUT2D eigenvalue weighted by molar-refractivity contribution is 5.80. The van der Waals surface area contributed by atoms with Crippen molar-refractivity contribution in [3.8, 4) is 11.4 Å². The van der Waals surface area contributed by atoms with Gasteiger partial charge in [-0.1, -0.05) is 24.3 Å². The summed E-state index contributed by atoms with van der Waals surface area (Å²) in [5, 5.41) is 3.56. The number of hydrogen-bond acceptors (Lipinski definition) is 6. The van der Waals surface area contributed by atoms with Crippen molar-refractivity contribution in [2.75, 3.05) is 25.6 Å². The van der Waals surface area contributed by atoms with E-state index >= 15 is 0 Å². The van der Waals surface area contributed by atoms with Gasteiger partial charge >= 0.3 is 5.97 Å². The lowest BCUT2D eigenvalue weighted by molar-refractivity contribution is -0.141. The van der Waals surface area contributed by atoms with Crippen LogP contribution in [-0.2, 0) is 20.8 Å². The topological polar surface area (TPSA) is 74.6 Å². The number of esters is 1. The van der Waals surface area contributed by atoms with E-state index in [2.05, 4.69) is 72.3 Å². The van der Waals surface area contributed by atoms with Crippen LogP contribution in [0, 0.1) is 13.8 Å². The van der Waals surface area contributed by atoms with Crippen molar-refractivity contribution >= 4 is 22.7 Å². The van der Waals surface area contributed by atoms with Crippen molar-refractivity contribution in [2.24, 2.45) is 0 Å². The molecule has 196 valence electrons. The van der Waals surface area contributed by atoms with E-state index in [0.717, 1.165) is 59.0 Å². The molecule has 1 fully saturated rings. The van der Waals surface area contributed by atoms with Gasteiger partial charge in [0.2, 0.25) is 0 Å². The molecule has 7 heteroatoms. The molecule has 0 unspecified atom stereocenters. The number of ether oxygens (including phenoxy) is 3. The molecule has 0 bridgehead atoms. The molecule has 0 saturated carbocycles. The SMILES string of the molecule is COC(=O)C[C@@H]1COc2cc(NCc3cccc(-n4c([C@H]5CCCO5)nc5cc(C)ccc54)c3C)ccc21. The number of carbonyl (C=O) groups excluding carboxylic acids is 1. The zero-order valence-electron chi connectivity index (χ0n) is 22.1. The first-order valence-electron chi connectivity index (χ1n) is 13.3. The van der Waals surface area contributed by atoms with Crippen molar-refractivity contribution < 1.29 is 19.0 Å². The Bertz CT molecular complexity index is 1500. The molecule has 1 N–H and O–H groups in total. The van der Waals surface area contributed by atoms with Crippen molar-refractivity contribution in [3.05, 3.63) is 82.7 Å². The predicted molar refractivity (Wildman–Crippen MR) is 147 cm³/mol. The zero-order chi connectivity index (χ0) is 26.2. The number of fused-ring (bicyclic) bond motifs is 2. The number of benzene rings is 3. The molecule has 3 heterocycles. The number of imidazole rings is 1. The lowest BCUT2D eigenvalue weighted by atomic mass is 9.97. The second kappa shape index (κ2) is 10.1. The maximum atomic E-state index is 11.7. The van der Waals surface area contributed by atoms with Gasteiger partial charge in [-0.3, -0.25) is 9.36 Å². The van der Waals surface area contributed by atoms with Gasteiger partial charge in [-0.2, -0.15) is 0 Å². The quantitative estimate of drug-likeness (QED) is 0.300. The van der Waals surface area contributed by atoms with Crippen molar-refractivity contribution in [1.29, 1.82) is 0 Å². The standard InChI is InChI=1S/C31H33N3O4/c1-19-9-12-27-25(14-19)33-31(28-8-5-13-37-28)34(27)26-7-4-6-21(20(26)2)17-32-23-10-11-24-22(15-30(35)36-3)18-38-29(24)16-23/h4,6-7,9-12,14,16,22,28,32H,5,8,13,15,17-18H2,1-3H3/t22-,28-/m1/s1. The van der Waals surface area contributed by atoms with E-state index in [1.54, 1.807) is 0 Å². The summed E-state index contributed by atoms with van der Waals surface area (Å²) in [7, 11) is 1.42. The molecule has 1 aromatic heterocycles. The molecule has 7 nitrogen and oxygen atoms in total. The van der Waals surface area contributed by atoms with Gasteiger partial charge in [-0.05, 0) is 67.6 Å². The number of carbonyl (C=O) groups is 1. The first kappa shape index (κ1) is 24.5. The smallest absolute Gasteiger partial charge is 0.306 e. The van der Waals surface area contributed by atoms with Crippen molar-refractivity contribution in [1.82, 2.24) is 9.55 Å². The van der Waals surface area contributed by atoms with Crippen LogP contribution >= 0.6 is 0 Å². The highest BCUT2D eigenvalue weighted by atomic mass is 16.5. The summed E-state index contributed by atoms with van der Waals surface area (Å²) in [6, 6.07) is 19.0. The Morgan fingerprint density at radius 2 is 2.05 bits per heavy atom. The summed E-state index contributed by atoms with van der Waals surface area (Å²) < 4.78 is 19.1. The summed E-state index contributed by atoms with van der Waals surface area (Å²) in [5.41, 5.74) is 8.89. The summed E-state index contributed by atoms with van der Waals surface area (Å²) in [6.45, 7) is 6.23. The van der Waals surface area contributed by atoms with Gasteiger partial charge in [0, 0.05) is 36.4 Å². The minimum Gasteiger partial charge on any atom is -0.493 e. The van der Waals surface area contributed by atoms with E-state index in [1.807, 2.05) is 6.07 Å². The maximum Gasteiger partial charge on any atom is 0.306 e. The first-order chi connectivity index (χ1) is 18.5. The molecule has 6 rings (SSSR count). The molecule has 2 aliphatic rings. The Morgan fingerprint density at radius 1 is 1.16 bits per heavy atom. The average molecular weight is 512 g/mol. The monoisotopic (exact) mass is 511 g/mol. The van der Waals surface area contributed by atoms with Crippen LogP contribution in [0.1, 0.15) is 59.4 Å². The summed E-state index contributed by atoms with van der Waals surface area (Å²) in [6.07, 6.45) is 2.39. The summed E-state index contributed by atoms with van der Waals surface area (Å²) in [5.74, 6) is 1.63. The Balaban J connectivity index is 1.27. The highest BCUT2D eigenvalue weighted by Crippen LogP contribution is 2.38. The molecule has 0 amide bonds. The number of hydrogen-bond donors (Lipinski definition) is 1. The summed E-state index contributed by atoms with van der Waals surface area (Å²) in [4.78, 5) is 16.8. The number of methoxy groups -OCH3 is 1. The highest BCUT2D eigenvalue weighted by Gasteiger charge is 2.28. The van der Waals surface area contributed by atoms with Gasteiger partial charge in [0.1, 0.15) is 17.7 Å². The third-order valence-electron chi connectivity index (χ3n) is 7.73. The molecular weight excluding hydrogens is 478 g/mol.